The highest BCUT2D eigenvalue weighted by molar-refractivity contribution is 5.85. The molecule has 3 N–H and O–H groups in total. The van der Waals surface area contributed by atoms with Crippen LogP contribution in [0.2, 0.25) is 0 Å². The van der Waals surface area contributed by atoms with Crippen molar-refractivity contribution in [3.63, 3.8) is 0 Å². The molecular weight excluding hydrogens is 328 g/mol. The Balaban J connectivity index is 1.70. The zero-order valence-corrected chi connectivity index (χ0v) is 15.3. The van der Waals surface area contributed by atoms with E-state index in [2.05, 4.69) is 7.05 Å². The summed E-state index contributed by atoms with van der Waals surface area (Å²) in [6.45, 7) is 5.55. The summed E-state index contributed by atoms with van der Waals surface area (Å²) < 4.78 is 5.53. The van der Waals surface area contributed by atoms with Crippen LogP contribution >= 0.6 is 0 Å². The smallest absolute Gasteiger partial charge is 0.347 e. The minimum Gasteiger partial charge on any atom is -0.457 e. The molecule has 2 aromatic rings. The number of benzene rings is 2. The fourth-order valence-corrected chi connectivity index (χ4v) is 3.43. The molecule has 1 aliphatic heterocycles. The predicted molar refractivity (Wildman–Crippen MR) is 99.0 cm³/mol. The second kappa shape index (κ2) is 8.45. The standard InChI is InChI=1S/C21H26N2O3/c1-22-12-14-23(15-13-22)16-17-26-20(24)21(25,18-8-4-2-5-9-18)19-10-6-3-7-11-19/h2-11,25H,12-17H2,1H3/p+2. The van der Waals surface area contributed by atoms with E-state index >= 15 is 0 Å². The lowest BCUT2D eigenvalue weighted by Gasteiger charge is -2.29. The van der Waals surface area contributed by atoms with Gasteiger partial charge in [0.2, 0.25) is 5.60 Å². The Morgan fingerprint density at radius 3 is 1.96 bits per heavy atom. The van der Waals surface area contributed by atoms with Crippen molar-refractivity contribution in [1.82, 2.24) is 0 Å². The van der Waals surface area contributed by atoms with Gasteiger partial charge in [0.05, 0.1) is 7.05 Å². The average molecular weight is 356 g/mol. The third-order valence-corrected chi connectivity index (χ3v) is 5.18. The van der Waals surface area contributed by atoms with Gasteiger partial charge in [-0.2, -0.15) is 0 Å². The van der Waals surface area contributed by atoms with Crippen LogP contribution in [0.25, 0.3) is 0 Å². The predicted octanol–water partition coefficient (Wildman–Crippen LogP) is -1.12. The number of carbonyl (C=O) groups is 1. The SMILES string of the molecule is C[NH+]1CC[NH+](CCOC(=O)C(O)(c2ccccc2)c2ccccc2)CC1. The maximum atomic E-state index is 12.9. The number of piperazine rings is 1. The molecule has 0 bridgehead atoms. The van der Waals surface area contributed by atoms with Crippen molar-refractivity contribution in [2.45, 2.75) is 5.60 Å². The summed E-state index contributed by atoms with van der Waals surface area (Å²) in [5.74, 6) is -0.617. The van der Waals surface area contributed by atoms with E-state index in [9.17, 15) is 9.90 Å². The number of ether oxygens (including phenoxy) is 1. The highest BCUT2D eigenvalue weighted by atomic mass is 16.5. The fraction of sp³-hybridized carbons (Fsp3) is 0.381. The van der Waals surface area contributed by atoms with Crippen LogP contribution in [0.4, 0.5) is 0 Å². The van der Waals surface area contributed by atoms with Crippen molar-refractivity contribution < 1.29 is 24.4 Å². The van der Waals surface area contributed by atoms with Gasteiger partial charge in [0.1, 0.15) is 39.3 Å². The molecule has 138 valence electrons. The van der Waals surface area contributed by atoms with Crippen LogP contribution in [0, 0.1) is 0 Å². The molecule has 1 fully saturated rings. The molecular formula is C21H28N2O3+2. The molecule has 5 heteroatoms. The molecule has 2 aromatic carbocycles. The van der Waals surface area contributed by atoms with Gasteiger partial charge in [-0.1, -0.05) is 60.7 Å². The van der Waals surface area contributed by atoms with Gasteiger partial charge >= 0.3 is 5.97 Å². The number of carbonyl (C=O) groups excluding carboxylic acids is 1. The van der Waals surface area contributed by atoms with E-state index in [0.29, 0.717) is 17.7 Å². The third-order valence-electron chi connectivity index (χ3n) is 5.18. The molecule has 1 saturated heterocycles. The quantitative estimate of drug-likeness (QED) is 0.575. The van der Waals surface area contributed by atoms with Gasteiger partial charge in [0, 0.05) is 0 Å². The number of rotatable bonds is 6. The van der Waals surface area contributed by atoms with Crippen LogP contribution in [0.5, 0.6) is 0 Å². The summed E-state index contributed by atoms with van der Waals surface area (Å²) >= 11 is 0. The van der Waals surface area contributed by atoms with Crippen molar-refractivity contribution in [3.8, 4) is 0 Å². The molecule has 3 rings (SSSR count). The summed E-state index contributed by atoms with van der Waals surface area (Å²) in [7, 11) is 2.21. The lowest BCUT2D eigenvalue weighted by molar-refractivity contribution is -1.00. The van der Waals surface area contributed by atoms with Crippen LogP contribution in [0.3, 0.4) is 0 Å². The van der Waals surface area contributed by atoms with Gasteiger partial charge in [-0.3, -0.25) is 0 Å². The molecule has 1 heterocycles. The molecule has 0 spiro atoms. The van der Waals surface area contributed by atoms with E-state index in [1.165, 1.54) is 4.90 Å². The fourth-order valence-electron chi connectivity index (χ4n) is 3.43. The Morgan fingerprint density at radius 2 is 1.46 bits per heavy atom. The molecule has 26 heavy (non-hydrogen) atoms. The molecule has 0 atom stereocenters. The largest absolute Gasteiger partial charge is 0.457 e. The van der Waals surface area contributed by atoms with Crippen molar-refractivity contribution in [1.29, 1.82) is 0 Å². The summed E-state index contributed by atoms with van der Waals surface area (Å²) in [5.41, 5.74) is -0.747. The van der Waals surface area contributed by atoms with Crippen LogP contribution in [0.15, 0.2) is 60.7 Å². The van der Waals surface area contributed by atoms with E-state index in [4.69, 9.17) is 4.74 Å². The minimum absolute atomic E-state index is 0.315. The molecule has 0 amide bonds. The Kier molecular flexibility index (Phi) is 6.04. The molecule has 0 radical (unpaired) electrons. The van der Waals surface area contributed by atoms with Crippen LogP contribution < -0.4 is 9.80 Å². The van der Waals surface area contributed by atoms with Gasteiger partial charge in [-0.05, 0) is 11.1 Å². The highest BCUT2D eigenvalue weighted by Crippen LogP contribution is 2.30. The Hall–Kier alpha value is -2.21. The molecule has 0 aromatic heterocycles. The van der Waals surface area contributed by atoms with Gasteiger partial charge < -0.3 is 19.6 Å². The first kappa shape index (κ1) is 18.6. The number of hydrogen-bond donors (Lipinski definition) is 3. The first-order valence-corrected chi connectivity index (χ1v) is 9.26. The Bertz CT molecular complexity index is 658. The summed E-state index contributed by atoms with van der Waals surface area (Å²) in [6.07, 6.45) is 0. The molecule has 5 nitrogen and oxygen atoms in total. The van der Waals surface area contributed by atoms with E-state index < -0.39 is 11.6 Å². The normalized spacial score (nSPS) is 20.5. The van der Waals surface area contributed by atoms with Gasteiger partial charge in [0.15, 0.2) is 0 Å². The minimum atomic E-state index is -1.79. The maximum absolute atomic E-state index is 12.9. The van der Waals surface area contributed by atoms with Crippen LogP contribution in [-0.4, -0.2) is 57.5 Å². The van der Waals surface area contributed by atoms with Crippen LogP contribution in [0.1, 0.15) is 11.1 Å². The summed E-state index contributed by atoms with van der Waals surface area (Å²) in [4.78, 5) is 15.9. The molecule has 0 saturated carbocycles. The van der Waals surface area contributed by atoms with E-state index in [0.717, 1.165) is 32.7 Å². The van der Waals surface area contributed by atoms with Crippen molar-refractivity contribution in [2.24, 2.45) is 0 Å². The highest BCUT2D eigenvalue weighted by Gasteiger charge is 2.41. The second-order valence-electron chi connectivity index (χ2n) is 7.04. The third kappa shape index (κ3) is 4.12. The zero-order valence-electron chi connectivity index (χ0n) is 15.3. The molecule has 0 unspecified atom stereocenters. The average Bonchev–Trinajstić information content (AvgIpc) is 2.70. The van der Waals surface area contributed by atoms with E-state index in [-0.39, 0.29) is 0 Å². The lowest BCUT2D eigenvalue weighted by Crippen LogP contribution is -3.27. The number of aliphatic hydroxyl groups is 1. The number of esters is 1. The number of likely N-dealkylation sites (N-methyl/N-ethyl adjacent to an activating group) is 1. The van der Waals surface area contributed by atoms with Crippen LogP contribution in [-0.2, 0) is 15.1 Å². The topological polar surface area (TPSA) is 55.4 Å². The first-order valence-electron chi connectivity index (χ1n) is 9.26. The van der Waals surface area contributed by atoms with Gasteiger partial charge in [-0.15, -0.1) is 0 Å². The first-order chi connectivity index (χ1) is 12.6. The van der Waals surface area contributed by atoms with E-state index in [1.54, 1.807) is 29.2 Å². The van der Waals surface area contributed by atoms with Gasteiger partial charge in [0.25, 0.3) is 0 Å². The van der Waals surface area contributed by atoms with Crippen molar-refractivity contribution in [2.75, 3.05) is 46.4 Å². The number of nitrogens with one attached hydrogen (secondary N) is 2. The zero-order chi connectivity index (χ0) is 18.4. The number of quaternary nitrogens is 2. The maximum Gasteiger partial charge on any atom is 0.347 e. The van der Waals surface area contributed by atoms with Crippen molar-refractivity contribution in [3.05, 3.63) is 71.8 Å². The van der Waals surface area contributed by atoms with E-state index in [1.807, 2.05) is 36.4 Å². The summed E-state index contributed by atoms with van der Waals surface area (Å²) in [6, 6.07) is 18.0. The lowest BCUT2D eigenvalue weighted by atomic mass is 9.86. The Labute approximate surface area is 154 Å². The Morgan fingerprint density at radius 1 is 0.962 bits per heavy atom. The van der Waals surface area contributed by atoms with Crippen molar-refractivity contribution >= 4 is 5.97 Å². The summed E-state index contributed by atoms with van der Waals surface area (Å²) in [5, 5.41) is 11.3. The molecule has 1 aliphatic rings. The second-order valence-corrected chi connectivity index (χ2v) is 7.04. The monoisotopic (exact) mass is 356 g/mol. The van der Waals surface area contributed by atoms with Gasteiger partial charge in [-0.25, -0.2) is 4.79 Å². The number of hydrogen-bond acceptors (Lipinski definition) is 3. The molecule has 0 aliphatic carbocycles.